The van der Waals surface area contributed by atoms with E-state index in [4.69, 9.17) is 21.3 Å². The molecule has 4 aromatic rings. The average molecular weight is 563 g/mol. The number of rotatable bonds is 1. The maximum atomic E-state index is 12.0. The van der Waals surface area contributed by atoms with Crippen molar-refractivity contribution in [2.24, 2.45) is 14.1 Å². The van der Waals surface area contributed by atoms with Gasteiger partial charge in [-0.25, -0.2) is 14.6 Å². The fraction of sp³-hybridized carbons (Fsp3) is 0.345. The van der Waals surface area contributed by atoms with Gasteiger partial charge in [0.05, 0.1) is 18.6 Å². The van der Waals surface area contributed by atoms with Crippen molar-refractivity contribution in [3.8, 4) is 0 Å². The van der Waals surface area contributed by atoms with E-state index in [2.05, 4.69) is 28.2 Å². The zero-order valence-electron chi connectivity index (χ0n) is 22.7. The van der Waals surface area contributed by atoms with E-state index < -0.39 is 0 Å². The minimum Gasteiger partial charge on any atom is -0.450 e. The number of ether oxygens (including phenoxy) is 1. The quantitative estimate of drug-likeness (QED) is 0.377. The Morgan fingerprint density at radius 3 is 2.52 bits per heavy atom. The lowest BCUT2D eigenvalue weighted by Crippen LogP contribution is -2.37. The SMILES string of the molecule is CCOC(=O)N1CCC(=C2c3ccc(Cl)cc3CCc3cccnc32)CC1.Cn1c(=O)c2[nH]cnc2n(C)c1=O. The van der Waals surface area contributed by atoms with Gasteiger partial charge in [0.2, 0.25) is 0 Å². The topological polar surface area (TPSA) is 115 Å². The van der Waals surface area contributed by atoms with Crippen LogP contribution in [0.5, 0.6) is 0 Å². The van der Waals surface area contributed by atoms with Gasteiger partial charge in [-0.3, -0.25) is 18.9 Å². The van der Waals surface area contributed by atoms with Crippen molar-refractivity contribution in [2.45, 2.75) is 32.6 Å². The molecule has 10 nitrogen and oxygen atoms in total. The van der Waals surface area contributed by atoms with Crippen LogP contribution in [0.1, 0.15) is 42.1 Å². The van der Waals surface area contributed by atoms with Gasteiger partial charge >= 0.3 is 11.8 Å². The van der Waals surface area contributed by atoms with Crippen LogP contribution in [0.3, 0.4) is 0 Å². The van der Waals surface area contributed by atoms with Crippen molar-refractivity contribution < 1.29 is 9.53 Å². The van der Waals surface area contributed by atoms with Gasteiger partial charge < -0.3 is 14.6 Å². The second-order valence-corrected chi connectivity index (χ2v) is 10.2. The molecular weight excluding hydrogens is 532 g/mol. The molecule has 0 unspecified atom stereocenters. The van der Waals surface area contributed by atoms with Gasteiger partial charge in [0, 0.05) is 44.0 Å². The molecule has 2 aliphatic rings. The molecule has 11 heteroatoms. The van der Waals surface area contributed by atoms with Crippen molar-refractivity contribution in [2.75, 3.05) is 19.7 Å². The van der Waals surface area contributed by atoms with E-state index in [1.54, 1.807) is 11.9 Å². The molecule has 0 spiro atoms. The average Bonchev–Trinajstić information content (AvgIpc) is 3.41. The van der Waals surface area contributed by atoms with Gasteiger partial charge in [-0.15, -0.1) is 0 Å². The Bertz CT molecular complexity index is 1720. The molecule has 1 aliphatic carbocycles. The summed E-state index contributed by atoms with van der Waals surface area (Å²) in [4.78, 5) is 48.0. The molecule has 0 bridgehead atoms. The number of aromatic amines is 1. The summed E-state index contributed by atoms with van der Waals surface area (Å²) in [6, 6.07) is 10.3. The monoisotopic (exact) mass is 562 g/mol. The lowest BCUT2D eigenvalue weighted by molar-refractivity contribution is 0.104. The summed E-state index contributed by atoms with van der Waals surface area (Å²) >= 11 is 6.27. The molecule has 3 aromatic heterocycles. The third-order valence-electron chi connectivity index (χ3n) is 7.40. The van der Waals surface area contributed by atoms with E-state index in [-0.39, 0.29) is 17.3 Å². The number of hydrogen-bond donors (Lipinski definition) is 1. The number of nitrogens with one attached hydrogen (secondary N) is 1. The van der Waals surface area contributed by atoms with Crippen molar-refractivity contribution in [3.05, 3.63) is 96.7 Å². The number of likely N-dealkylation sites (tertiary alicyclic amines) is 1. The van der Waals surface area contributed by atoms with Gasteiger partial charge in [0.15, 0.2) is 5.65 Å². The number of benzene rings is 1. The summed E-state index contributed by atoms with van der Waals surface area (Å²) in [5.41, 5.74) is 7.47. The highest BCUT2D eigenvalue weighted by molar-refractivity contribution is 6.30. The molecule has 1 aliphatic heterocycles. The van der Waals surface area contributed by atoms with Crippen LogP contribution >= 0.6 is 11.6 Å². The summed E-state index contributed by atoms with van der Waals surface area (Å²) < 4.78 is 7.52. The molecule has 0 radical (unpaired) electrons. The van der Waals surface area contributed by atoms with Crippen molar-refractivity contribution in [1.82, 2.24) is 29.0 Å². The standard InChI is InChI=1S/C22H23ClN2O2.C7H8N4O2/c1-2-27-22(26)25-12-9-15(10-13-25)20-19-8-7-18(23)14-17(19)6-5-16-4-3-11-24-21(16)20;1-10-5-4(8-3-9-5)6(12)11(2)7(10)13/h3-4,7-8,11,14H,2,5-6,9-10,12-13H2,1H3;3H,1-2H3,(H,8,9). The predicted octanol–water partition coefficient (Wildman–Crippen LogP) is 3.85. The summed E-state index contributed by atoms with van der Waals surface area (Å²) in [6.07, 6.45) is 6.65. The Morgan fingerprint density at radius 1 is 1.02 bits per heavy atom. The summed E-state index contributed by atoms with van der Waals surface area (Å²) in [5, 5.41) is 0.772. The number of nitrogens with zero attached hydrogens (tertiary/aromatic N) is 5. The molecule has 0 saturated carbocycles. The molecule has 1 aromatic carbocycles. The molecular formula is C29H31ClN6O4. The molecule has 6 rings (SSSR count). The fourth-order valence-electron chi connectivity index (χ4n) is 5.33. The number of aromatic nitrogens is 5. The first kappa shape index (κ1) is 27.4. The van der Waals surface area contributed by atoms with Gasteiger partial charge in [0.25, 0.3) is 5.56 Å². The van der Waals surface area contributed by atoms with Crippen LogP contribution in [0.15, 0.2) is 58.0 Å². The van der Waals surface area contributed by atoms with Crippen LogP contribution in [-0.4, -0.2) is 54.8 Å². The van der Waals surface area contributed by atoms with E-state index >= 15 is 0 Å². The number of aryl methyl sites for hydroxylation is 3. The van der Waals surface area contributed by atoms with Gasteiger partial charge in [-0.2, -0.15) is 0 Å². The number of H-pyrrole nitrogens is 1. The van der Waals surface area contributed by atoms with E-state index in [0.717, 1.165) is 41.0 Å². The van der Waals surface area contributed by atoms with E-state index in [1.165, 1.54) is 45.8 Å². The van der Waals surface area contributed by atoms with Gasteiger partial charge in [0.1, 0.15) is 5.52 Å². The largest absolute Gasteiger partial charge is 0.450 e. The number of pyridine rings is 1. The minimum absolute atomic E-state index is 0.215. The normalized spacial score (nSPS) is 14.7. The Kier molecular flexibility index (Phi) is 7.88. The highest BCUT2D eigenvalue weighted by Gasteiger charge is 2.26. The minimum atomic E-state index is -0.371. The van der Waals surface area contributed by atoms with Gasteiger partial charge in [-0.05, 0) is 67.5 Å². The molecule has 1 amide bonds. The Balaban J connectivity index is 0.000000207. The number of fused-ring (bicyclic) bond motifs is 3. The lowest BCUT2D eigenvalue weighted by atomic mass is 9.88. The first-order valence-electron chi connectivity index (χ1n) is 13.3. The summed E-state index contributed by atoms with van der Waals surface area (Å²) in [5.74, 6) is 0. The Hall–Kier alpha value is -4.18. The highest BCUT2D eigenvalue weighted by Crippen LogP contribution is 2.38. The zero-order chi connectivity index (χ0) is 28.4. The highest BCUT2D eigenvalue weighted by atomic mass is 35.5. The van der Waals surface area contributed by atoms with Crippen LogP contribution in [-0.2, 0) is 31.7 Å². The van der Waals surface area contributed by atoms with Crippen molar-refractivity contribution >= 4 is 34.4 Å². The van der Waals surface area contributed by atoms with Crippen LogP contribution in [0.4, 0.5) is 4.79 Å². The van der Waals surface area contributed by atoms with Crippen molar-refractivity contribution in [3.63, 3.8) is 0 Å². The first-order valence-corrected chi connectivity index (χ1v) is 13.6. The number of hydrogen-bond acceptors (Lipinski definition) is 6. The first-order chi connectivity index (χ1) is 19.3. The Labute approximate surface area is 235 Å². The molecule has 208 valence electrons. The van der Waals surface area contributed by atoms with E-state index in [9.17, 15) is 14.4 Å². The summed E-state index contributed by atoms with van der Waals surface area (Å²) in [7, 11) is 3.01. The van der Waals surface area contributed by atoms with Gasteiger partial charge in [-0.1, -0.05) is 29.3 Å². The predicted molar refractivity (Wildman–Crippen MR) is 154 cm³/mol. The maximum absolute atomic E-state index is 12.0. The van der Waals surface area contributed by atoms with E-state index in [1.807, 2.05) is 25.3 Å². The zero-order valence-corrected chi connectivity index (χ0v) is 23.5. The summed E-state index contributed by atoms with van der Waals surface area (Å²) in [6.45, 7) is 3.62. The lowest BCUT2D eigenvalue weighted by Gasteiger charge is -2.29. The van der Waals surface area contributed by atoms with Crippen LogP contribution < -0.4 is 11.2 Å². The van der Waals surface area contributed by atoms with Crippen LogP contribution in [0.2, 0.25) is 5.02 Å². The molecule has 1 N–H and O–H groups in total. The van der Waals surface area contributed by atoms with Crippen molar-refractivity contribution in [1.29, 1.82) is 0 Å². The second kappa shape index (κ2) is 11.5. The van der Waals surface area contributed by atoms with Crippen LogP contribution in [0.25, 0.3) is 16.7 Å². The second-order valence-electron chi connectivity index (χ2n) is 9.78. The smallest absolute Gasteiger partial charge is 0.409 e. The number of carbonyl (C=O) groups excluding carboxylic acids is 1. The number of imidazole rings is 1. The molecule has 0 atom stereocenters. The number of piperidine rings is 1. The number of halogens is 1. The molecule has 4 heterocycles. The Morgan fingerprint density at radius 2 is 1.77 bits per heavy atom. The third-order valence-corrected chi connectivity index (χ3v) is 7.64. The number of carbonyl (C=O) groups is 1. The third kappa shape index (κ3) is 5.19. The molecule has 40 heavy (non-hydrogen) atoms. The fourth-order valence-corrected chi connectivity index (χ4v) is 5.52. The molecule has 1 fully saturated rings. The molecule has 1 saturated heterocycles. The van der Waals surface area contributed by atoms with E-state index in [0.29, 0.717) is 30.9 Å². The van der Waals surface area contributed by atoms with Crippen LogP contribution in [0, 0.1) is 0 Å². The maximum Gasteiger partial charge on any atom is 0.409 e. The number of amides is 1.